The van der Waals surface area contributed by atoms with Crippen molar-refractivity contribution in [2.75, 3.05) is 10.6 Å². The van der Waals surface area contributed by atoms with Crippen molar-refractivity contribution in [2.24, 2.45) is 5.92 Å². The quantitative estimate of drug-likeness (QED) is 0.225. The number of carbonyl (C=O) groups excluding carboxylic acids is 3. The SMILES string of the molecule is Cc1ccc(-n2nc(C(C)(C)C)cc2NC(=O)Nc2cccc(CC3CC4CCC(C3)N4C(=O)c3coc4c3C(=O)CCC4)c2)cc1. The smallest absolute Gasteiger partial charge is 0.324 e. The maximum atomic E-state index is 13.7. The molecule has 2 N–H and O–H groups in total. The highest BCUT2D eigenvalue weighted by Crippen LogP contribution is 2.42. The molecule has 47 heavy (non-hydrogen) atoms. The van der Waals surface area contributed by atoms with Gasteiger partial charge in [0.2, 0.25) is 0 Å². The molecule has 4 aromatic rings. The van der Waals surface area contributed by atoms with Gasteiger partial charge in [0.05, 0.1) is 22.5 Å². The summed E-state index contributed by atoms with van der Waals surface area (Å²) in [7, 11) is 0. The van der Waals surface area contributed by atoms with Gasteiger partial charge in [0, 0.05) is 42.1 Å². The predicted octanol–water partition coefficient (Wildman–Crippen LogP) is 7.86. The molecule has 2 atom stereocenters. The number of ketones is 1. The van der Waals surface area contributed by atoms with Crippen LogP contribution in [0.4, 0.5) is 16.3 Å². The van der Waals surface area contributed by atoms with E-state index in [1.165, 1.54) is 6.26 Å². The van der Waals surface area contributed by atoms with Gasteiger partial charge in [-0.3, -0.25) is 14.9 Å². The highest BCUT2D eigenvalue weighted by molar-refractivity contribution is 6.09. The Kier molecular flexibility index (Phi) is 8.02. The molecule has 2 saturated heterocycles. The summed E-state index contributed by atoms with van der Waals surface area (Å²) in [6.07, 6.45) is 8.18. The molecule has 2 aromatic carbocycles. The fraction of sp³-hybridized carbons (Fsp3) is 0.421. The lowest BCUT2D eigenvalue weighted by molar-refractivity contribution is 0.0521. The standard InChI is InChI=1S/C38H43N5O4/c1-23-11-13-27(14-12-23)43-34(21-33(41-43)38(2,3)4)40-37(46)39-26-8-5-7-24(18-26)17-25-19-28-15-16-29(20-25)42(28)36(45)30-22-47-32-10-6-9-31(44)35(30)32/h5,7-8,11-14,18,21-22,25,28-29H,6,9-10,15-17,19-20H2,1-4H3,(H2,39,40,46). The van der Waals surface area contributed by atoms with E-state index in [0.717, 1.165) is 73.1 Å². The molecule has 2 unspecified atom stereocenters. The molecule has 2 aliphatic heterocycles. The zero-order chi connectivity index (χ0) is 32.9. The number of rotatable bonds is 6. The zero-order valence-corrected chi connectivity index (χ0v) is 27.6. The number of nitrogens with zero attached hydrogens (tertiary/aromatic N) is 3. The number of piperidine rings is 1. The van der Waals surface area contributed by atoms with E-state index in [1.807, 2.05) is 60.4 Å². The third kappa shape index (κ3) is 6.23. The Hall–Kier alpha value is -4.66. The fourth-order valence-electron chi connectivity index (χ4n) is 7.61. The largest absolute Gasteiger partial charge is 0.468 e. The number of aryl methyl sites for hydroxylation is 2. The van der Waals surface area contributed by atoms with E-state index < -0.39 is 0 Å². The van der Waals surface area contributed by atoms with Crippen molar-refractivity contribution in [1.82, 2.24) is 14.7 Å². The molecular formula is C38H43N5O4. The van der Waals surface area contributed by atoms with E-state index in [9.17, 15) is 14.4 Å². The third-order valence-electron chi connectivity index (χ3n) is 9.96. The van der Waals surface area contributed by atoms with E-state index in [1.54, 1.807) is 4.68 Å². The molecule has 0 spiro atoms. The number of benzene rings is 2. The van der Waals surface area contributed by atoms with Gasteiger partial charge in [-0.25, -0.2) is 9.48 Å². The molecule has 0 saturated carbocycles. The lowest BCUT2D eigenvalue weighted by Gasteiger charge is -2.39. The number of amides is 3. The first-order valence-corrected chi connectivity index (χ1v) is 16.8. The molecule has 4 heterocycles. The topological polar surface area (TPSA) is 109 Å². The number of nitrogens with one attached hydrogen (secondary N) is 2. The molecule has 2 fully saturated rings. The number of furan rings is 1. The Morgan fingerprint density at radius 2 is 1.72 bits per heavy atom. The summed E-state index contributed by atoms with van der Waals surface area (Å²) in [5.74, 6) is 1.68. The predicted molar refractivity (Wildman–Crippen MR) is 181 cm³/mol. The maximum absolute atomic E-state index is 13.7. The lowest BCUT2D eigenvalue weighted by atomic mass is 9.85. The van der Waals surface area contributed by atoms with Crippen LogP contribution in [0.2, 0.25) is 0 Å². The minimum absolute atomic E-state index is 0.0271. The van der Waals surface area contributed by atoms with Gasteiger partial charge >= 0.3 is 6.03 Å². The average molecular weight is 634 g/mol. The number of urea groups is 1. The van der Waals surface area contributed by atoms with Crippen LogP contribution in [0, 0.1) is 12.8 Å². The summed E-state index contributed by atoms with van der Waals surface area (Å²) in [5.41, 5.74) is 5.58. The monoisotopic (exact) mass is 633 g/mol. The van der Waals surface area contributed by atoms with Gasteiger partial charge in [0.1, 0.15) is 17.8 Å². The highest BCUT2D eigenvalue weighted by Gasteiger charge is 2.44. The Balaban J connectivity index is 1.01. The van der Waals surface area contributed by atoms with Gasteiger partial charge in [-0.2, -0.15) is 5.10 Å². The van der Waals surface area contributed by atoms with Crippen molar-refractivity contribution in [3.63, 3.8) is 0 Å². The lowest BCUT2D eigenvalue weighted by Crippen LogP contribution is -2.47. The van der Waals surface area contributed by atoms with E-state index in [2.05, 4.69) is 37.5 Å². The summed E-state index contributed by atoms with van der Waals surface area (Å²) in [5, 5.41) is 10.9. The Labute approximate surface area is 275 Å². The zero-order valence-electron chi connectivity index (χ0n) is 27.6. The van der Waals surface area contributed by atoms with Crippen LogP contribution < -0.4 is 10.6 Å². The fourth-order valence-corrected chi connectivity index (χ4v) is 7.61. The highest BCUT2D eigenvalue weighted by atomic mass is 16.3. The molecule has 9 heteroatoms. The summed E-state index contributed by atoms with van der Waals surface area (Å²) in [6, 6.07) is 18.0. The number of Topliss-reactive ketones (excluding diaryl/α,β-unsaturated/α-hetero) is 1. The summed E-state index contributed by atoms with van der Waals surface area (Å²) in [6.45, 7) is 8.35. The minimum Gasteiger partial charge on any atom is -0.468 e. The van der Waals surface area contributed by atoms with E-state index in [0.29, 0.717) is 35.0 Å². The second-order valence-electron chi connectivity index (χ2n) is 14.6. The average Bonchev–Trinajstić information content (AvgIpc) is 3.72. The first-order valence-electron chi connectivity index (χ1n) is 16.8. The number of fused-ring (bicyclic) bond motifs is 3. The molecular weight excluding hydrogens is 590 g/mol. The minimum atomic E-state index is -0.333. The van der Waals surface area contributed by atoms with Crippen molar-refractivity contribution in [1.29, 1.82) is 0 Å². The van der Waals surface area contributed by atoms with Gasteiger partial charge in [-0.15, -0.1) is 0 Å². The van der Waals surface area contributed by atoms with Crippen LogP contribution in [0.1, 0.15) is 103 Å². The van der Waals surface area contributed by atoms with Crippen LogP contribution in [-0.4, -0.2) is 44.5 Å². The molecule has 9 nitrogen and oxygen atoms in total. The molecule has 2 bridgehead atoms. The second-order valence-corrected chi connectivity index (χ2v) is 14.6. The van der Waals surface area contributed by atoms with Crippen molar-refractivity contribution >= 4 is 29.2 Å². The van der Waals surface area contributed by atoms with Crippen LogP contribution in [0.5, 0.6) is 0 Å². The molecule has 3 amide bonds. The normalized spacial score (nSPS) is 20.6. The van der Waals surface area contributed by atoms with Gasteiger partial charge in [-0.1, -0.05) is 50.6 Å². The first kappa shape index (κ1) is 31.0. The molecule has 7 rings (SSSR count). The second kappa shape index (κ2) is 12.2. The van der Waals surface area contributed by atoms with Gasteiger partial charge in [0.15, 0.2) is 5.78 Å². The third-order valence-corrected chi connectivity index (χ3v) is 9.96. The summed E-state index contributed by atoms with van der Waals surface area (Å²) < 4.78 is 7.45. The first-order chi connectivity index (χ1) is 22.5. The number of hydrogen-bond acceptors (Lipinski definition) is 5. The summed E-state index contributed by atoms with van der Waals surface area (Å²) >= 11 is 0. The molecule has 244 valence electrons. The van der Waals surface area contributed by atoms with Crippen LogP contribution in [0.25, 0.3) is 5.69 Å². The Morgan fingerprint density at radius 1 is 0.979 bits per heavy atom. The molecule has 1 aliphatic carbocycles. The number of aromatic nitrogens is 2. The van der Waals surface area contributed by atoms with Crippen LogP contribution in [0.3, 0.4) is 0 Å². The van der Waals surface area contributed by atoms with E-state index in [4.69, 9.17) is 9.52 Å². The summed E-state index contributed by atoms with van der Waals surface area (Å²) in [4.78, 5) is 41.6. The van der Waals surface area contributed by atoms with Gasteiger partial charge in [0.25, 0.3) is 5.91 Å². The van der Waals surface area contributed by atoms with Crippen molar-refractivity contribution in [3.8, 4) is 5.69 Å². The van der Waals surface area contributed by atoms with E-state index >= 15 is 0 Å². The number of hydrogen-bond donors (Lipinski definition) is 2. The Morgan fingerprint density at radius 3 is 2.45 bits per heavy atom. The van der Waals surface area contributed by atoms with Crippen molar-refractivity contribution < 1.29 is 18.8 Å². The molecule has 0 radical (unpaired) electrons. The van der Waals surface area contributed by atoms with E-state index in [-0.39, 0.29) is 35.2 Å². The number of anilines is 2. The molecule has 2 aromatic heterocycles. The molecule has 3 aliphatic rings. The Bertz CT molecular complexity index is 1810. The maximum Gasteiger partial charge on any atom is 0.324 e. The van der Waals surface area contributed by atoms with Crippen molar-refractivity contribution in [3.05, 3.63) is 94.6 Å². The van der Waals surface area contributed by atoms with Crippen LogP contribution in [-0.2, 0) is 18.3 Å². The van der Waals surface area contributed by atoms with Crippen molar-refractivity contribution in [2.45, 2.75) is 96.6 Å². The van der Waals surface area contributed by atoms with Gasteiger partial charge in [-0.05, 0) is 81.2 Å². The van der Waals surface area contributed by atoms with Crippen LogP contribution in [0.15, 0.2) is 65.3 Å². The number of carbonyl (C=O) groups is 3. The van der Waals surface area contributed by atoms with Crippen LogP contribution >= 0.6 is 0 Å². The van der Waals surface area contributed by atoms with Gasteiger partial charge < -0.3 is 14.6 Å².